The van der Waals surface area contributed by atoms with Gasteiger partial charge >= 0.3 is 0 Å². The summed E-state index contributed by atoms with van der Waals surface area (Å²) >= 11 is 1.50. The number of methoxy groups -OCH3 is 1. The number of benzene rings is 1. The normalized spacial score (nSPS) is 10.4. The zero-order valence-corrected chi connectivity index (χ0v) is 12.6. The van der Waals surface area contributed by atoms with E-state index in [-0.39, 0.29) is 12.5 Å². The smallest absolute Gasteiger partial charge is 0.262 e. The summed E-state index contributed by atoms with van der Waals surface area (Å²) in [7, 11) is 1.55. The molecule has 3 aromatic rings. The van der Waals surface area contributed by atoms with E-state index in [4.69, 9.17) is 9.47 Å². The monoisotopic (exact) mass is 315 g/mol. The standard InChI is InChI=1S/C15H13N3O3S/c1-20-12-5-3-2-4-11(12)18-13(19)8-21-14-10-6-7-22-15(10)17-9-16-14/h2-7,9H,8H2,1H3,(H,18,19). The van der Waals surface area contributed by atoms with E-state index in [1.54, 1.807) is 19.2 Å². The maximum Gasteiger partial charge on any atom is 0.262 e. The topological polar surface area (TPSA) is 73.3 Å². The number of nitrogens with zero attached hydrogens (tertiary/aromatic N) is 2. The van der Waals surface area contributed by atoms with Gasteiger partial charge in [0, 0.05) is 0 Å². The minimum Gasteiger partial charge on any atom is -0.495 e. The predicted octanol–water partition coefficient (Wildman–Crippen LogP) is 2.72. The molecule has 2 heterocycles. The highest BCUT2D eigenvalue weighted by Crippen LogP contribution is 2.26. The van der Waals surface area contributed by atoms with Crippen LogP contribution in [-0.4, -0.2) is 29.6 Å². The fraction of sp³-hybridized carbons (Fsp3) is 0.133. The fourth-order valence-corrected chi connectivity index (χ4v) is 2.67. The molecule has 0 saturated carbocycles. The Kier molecular flexibility index (Phi) is 4.15. The first kappa shape index (κ1) is 14.3. The third-order valence-corrected chi connectivity index (χ3v) is 3.77. The summed E-state index contributed by atoms with van der Waals surface area (Å²) in [4.78, 5) is 21.0. The van der Waals surface area contributed by atoms with Crippen LogP contribution in [-0.2, 0) is 4.79 Å². The van der Waals surface area contributed by atoms with Crippen LogP contribution in [0.2, 0.25) is 0 Å². The van der Waals surface area contributed by atoms with Crippen molar-refractivity contribution < 1.29 is 14.3 Å². The van der Waals surface area contributed by atoms with Crippen LogP contribution in [0.1, 0.15) is 0 Å². The Bertz CT molecular complexity index is 803. The third kappa shape index (κ3) is 2.99. The molecule has 0 fully saturated rings. The molecule has 1 amide bonds. The molecule has 0 aliphatic heterocycles. The van der Waals surface area contributed by atoms with E-state index in [2.05, 4.69) is 15.3 Å². The van der Waals surface area contributed by atoms with Gasteiger partial charge in [-0.2, -0.15) is 0 Å². The van der Waals surface area contributed by atoms with Gasteiger partial charge in [0.2, 0.25) is 5.88 Å². The van der Waals surface area contributed by atoms with Crippen molar-refractivity contribution in [1.82, 2.24) is 9.97 Å². The number of ether oxygens (including phenoxy) is 2. The average Bonchev–Trinajstić information content (AvgIpc) is 3.02. The molecule has 0 aliphatic carbocycles. The summed E-state index contributed by atoms with van der Waals surface area (Å²) in [5.74, 6) is 0.714. The zero-order valence-electron chi connectivity index (χ0n) is 11.8. The zero-order chi connectivity index (χ0) is 15.4. The first-order valence-electron chi connectivity index (χ1n) is 6.52. The highest BCUT2D eigenvalue weighted by Gasteiger charge is 2.10. The minimum absolute atomic E-state index is 0.139. The Hall–Kier alpha value is -2.67. The summed E-state index contributed by atoms with van der Waals surface area (Å²) < 4.78 is 10.7. The molecular weight excluding hydrogens is 302 g/mol. The van der Waals surface area contributed by atoms with Crippen LogP contribution in [0.5, 0.6) is 11.6 Å². The largest absolute Gasteiger partial charge is 0.495 e. The molecule has 0 radical (unpaired) electrons. The van der Waals surface area contributed by atoms with Gasteiger partial charge in [0.05, 0.1) is 18.2 Å². The second-order valence-electron chi connectivity index (χ2n) is 4.36. The van der Waals surface area contributed by atoms with Crippen LogP contribution in [0, 0.1) is 0 Å². The summed E-state index contributed by atoms with van der Waals surface area (Å²) in [5.41, 5.74) is 0.599. The summed E-state index contributed by atoms with van der Waals surface area (Å²) in [5, 5.41) is 5.45. The molecule has 0 atom stereocenters. The lowest BCUT2D eigenvalue weighted by molar-refractivity contribution is -0.118. The number of hydrogen-bond donors (Lipinski definition) is 1. The van der Waals surface area contributed by atoms with Crippen LogP contribution in [0.25, 0.3) is 10.2 Å². The van der Waals surface area contributed by atoms with Crippen LogP contribution in [0.15, 0.2) is 42.0 Å². The molecule has 7 heteroatoms. The minimum atomic E-state index is -0.286. The first-order valence-corrected chi connectivity index (χ1v) is 7.40. The van der Waals surface area contributed by atoms with Gasteiger partial charge in [0.15, 0.2) is 6.61 Å². The van der Waals surface area contributed by atoms with Gasteiger partial charge in [-0.15, -0.1) is 11.3 Å². The number of fused-ring (bicyclic) bond motifs is 1. The van der Waals surface area contributed by atoms with Gasteiger partial charge in [-0.05, 0) is 23.6 Å². The van der Waals surface area contributed by atoms with Crippen LogP contribution >= 0.6 is 11.3 Å². The lowest BCUT2D eigenvalue weighted by Gasteiger charge is -2.10. The van der Waals surface area contributed by atoms with E-state index < -0.39 is 0 Å². The van der Waals surface area contributed by atoms with E-state index in [0.717, 1.165) is 10.2 Å². The number of nitrogens with one attached hydrogen (secondary N) is 1. The lowest BCUT2D eigenvalue weighted by atomic mass is 10.3. The van der Waals surface area contributed by atoms with E-state index in [0.29, 0.717) is 17.3 Å². The lowest BCUT2D eigenvalue weighted by Crippen LogP contribution is -2.20. The molecule has 3 rings (SSSR count). The molecule has 6 nitrogen and oxygen atoms in total. The molecule has 112 valence electrons. The molecule has 2 aromatic heterocycles. The number of hydrogen-bond acceptors (Lipinski definition) is 6. The van der Waals surface area contributed by atoms with Crippen molar-refractivity contribution >= 4 is 33.1 Å². The maximum atomic E-state index is 12.0. The first-order chi connectivity index (χ1) is 10.8. The number of rotatable bonds is 5. The van der Waals surface area contributed by atoms with Gasteiger partial charge in [0.25, 0.3) is 5.91 Å². The van der Waals surface area contributed by atoms with Crippen molar-refractivity contribution in [1.29, 1.82) is 0 Å². The molecule has 0 unspecified atom stereocenters. The Balaban J connectivity index is 1.66. The molecule has 22 heavy (non-hydrogen) atoms. The molecule has 0 saturated heterocycles. The van der Waals surface area contributed by atoms with Gasteiger partial charge in [-0.3, -0.25) is 4.79 Å². The van der Waals surface area contributed by atoms with Crippen molar-refractivity contribution in [2.24, 2.45) is 0 Å². The van der Waals surface area contributed by atoms with Crippen molar-refractivity contribution in [3.05, 3.63) is 42.0 Å². The van der Waals surface area contributed by atoms with E-state index in [1.165, 1.54) is 17.7 Å². The third-order valence-electron chi connectivity index (χ3n) is 2.95. The Morgan fingerprint density at radius 3 is 3.00 bits per heavy atom. The quantitative estimate of drug-likeness (QED) is 0.783. The average molecular weight is 315 g/mol. The van der Waals surface area contributed by atoms with Gasteiger partial charge < -0.3 is 14.8 Å². The number of amides is 1. The van der Waals surface area contributed by atoms with Gasteiger partial charge in [0.1, 0.15) is 16.9 Å². The number of anilines is 1. The van der Waals surface area contributed by atoms with Gasteiger partial charge in [-0.25, -0.2) is 9.97 Å². The van der Waals surface area contributed by atoms with Crippen LogP contribution in [0.4, 0.5) is 5.69 Å². The number of thiophene rings is 1. The molecule has 0 bridgehead atoms. The SMILES string of the molecule is COc1ccccc1NC(=O)COc1ncnc2sccc12. The van der Waals surface area contributed by atoms with E-state index in [9.17, 15) is 4.79 Å². The fourth-order valence-electron chi connectivity index (χ4n) is 1.95. The number of aromatic nitrogens is 2. The second-order valence-corrected chi connectivity index (χ2v) is 5.25. The van der Waals surface area contributed by atoms with Crippen molar-refractivity contribution in [3.8, 4) is 11.6 Å². The highest BCUT2D eigenvalue weighted by atomic mass is 32.1. The second kappa shape index (κ2) is 6.40. The Labute approximate surface area is 130 Å². The molecule has 1 aromatic carbocycles. The molecular formula is C15H13N3O3S. The van der Waals surface area contributed by atoms with Crippen molar-refractivity contribution in [3.63, 3.8) is 0 Å². The Morgan fingerprint density at radius 2 is 2.14 bits per heavy atom. The molecule has 1 N–H and O–H groups in total. The molecule has 0 spiro atoms. The number of carbonyl (C=O) groups excluding carboxylic acids is 1. The van der Waals surface area contributed by atoms with Crippen LogP contribution in [0.3, 0.4) is 0 Å². The van der Waals surface area contributed by atoms with E-state index in [1.807, 2.05) is 23.6 Å². The maximum absolute atomic E-state index is 12.0. The Morgan fingerprint density at radius 1 is 1.27 bits per heavy atom. The van der Waals surface area contributed by atoms with Crippen LogP contribution < -0.4 is 14.8 Å². The highest BCUT2D eigenvalue weighted by molar-refractivity contribution is 7.16. The van der Waals surface area contributed by atoms with Gasteiger partial charge in [-0.1, -0.05) is 12.1 Å². The number of carbonyl (C=O) groups is 1. The summed E-state index contributed by atoms with van der Waals surface area (Å²) in [6.45, 7) is -0.139. The van der Waals surface area contributed by atoms with Crippen molar-refractivity contribution in [2.75, 3.05) is 19.0 Å². The summed E-state index contributed by atoms with van der Waals surface area (Å²) in [6.07, 6.45) is 1.42. The van der Waals surface area contributed by atoms with Crippen molar-refractivity contribution in [2.45, 2.75) is 0 Å². The summed E-state index contributed by atoms with van der Waals surface area (Å²) in [6, 6.07) is 9.05. The van der Waals surface area contributed by atoms with E-state index >= 15 is 0 Å². The number of para-hydroxylation sites is 2. The predicted molar refractivity (Wildman–Crippen MR) is 84.5 cm³/mol. The molecule has 0 aliphatic rings.